The van der Waals surface area contributed by atoms with Gasteiger partial charge in [-0.1, -0.05) is 18.5 Å². The van der Waals surface area contributed by atoms with Gasteiger partial charge in [-0.05, 0) is 56.4 Å². The molecule has 0 radical (unpaired) electrons. The van der Waals surface area contributed by atoms with Gasteiger partial charge in [0.2, 0.25) is 0 Å². The normalized spacial score (nSPS) is 19.2. The molecule has 1 aliphatic rings. The number of hydrogen-bond acceptors (Lipinski definition) is 4. The van der Waals surface area contributed by atoms with E-state index < -0.39 is 11.9 Å². The largest absolute Gasteiger partial charge is 0.433 e. The Balaban J connectivity index is 1.53. The van der Waals surface area contributed by atoms with Crippen molar-refractivity contribution in [3.63, 3.8) is 0 Å². The van der Waals surface area contributed by atoms with Crippen molar-refractivity contribution >= 4 is 34.1 Å². The van der Waals surface area contributed by atoms with Crippen LogP contribution in [0.1, 0.15) is 54.4 Å². The molecule has 2 atom stereocenters. The summed E-state index contributed by atoms with van der Waals surface area (Å²) in [7, 11) is 0. The number of carbonyl (C=O) groups excluding carboxylic acids is 1. The van der Waals surface area contributed by atoms with E-state index in [1.165, 1.54) is 18.3 Å². The first-order valence-corrected chi connectivity index (χ1v) is 10.9. The van der Waals surface area contributed by atoms with E-state index in [1.54, 1.807) is 6.07 Å². The van der Waals surface area contributed by atoms with Gasteiger partial charge in [-0.3, -0.25) is 9.89 Å². The molecule has 1 aromatic carbocycles. The van der Waals surface area contributed by atoms with Crippen LogP contribution >= 0.6 is 11.6 Å². The minimum atomic E-state index is -4.56. The fraction of sp³-hybridized carbons (Fsp3) is 0.409. The smallest absolute Gasteiger partial charge is 0.382 e. The third-order valence-corrected chi connectivity index (χ3v) is 5.98. The van der Waals surface area contributed by atoms with Crippen LogP contribution in [0.25, 0.3) is 10.9 Å². The quantitative estimate of drug-likeness (QED) is 0.474. The summed E-state index contributed by atoms with van der Waals surface area (Å²) in [4.78, 5) is 16.4. The van der Waals surface area contributed by atoms with Crippen LogP contribution in [0.4, 0.5) is 18.9 Å². The van der Waals surface area contributed by atoms with Crippen molar-refractivity contribution in [2.45, 2.75) is 57.3 Å². The average Bonchev–Trinajstić information content (AvgIpc) is 3.22. The third kappa shape index (κ3) is 4.82. The number of nitrogens with one attached hydrogen (secondary N) is 3. The van der Waals surface area contributed by atoms with Crippen LogP contribution in [0, 0.1) is 0 Å². The summed E-state index contributed by atoms with van der Waals surface area (Å²) in [6, 6.07) is 5.45. The Morgan fingerprint density at radius 2 is 2.03 bits per heavy atom. The fourth-order valence-corrected chi connectivity index (χ4v) is 4.35. The number of H-pyrrole nitrogens is 1. The topological polar surface area (TPSA) is 82.7 Å². The predicted molar refractivity (Wildman–Crippen MR) is 117 cm³/mol. The van der Waals surface area contributed by atoms with Gasteiger partial charge in [0.15, 0.2) is 0 Å². The molecule has 10 heteroatoms. The van der Waals surface area contributed by atoms with Gasteiger partial charge in [0.25, 0.3) is 5.91 Å². The lowest BCUT2D eigenvalue weighted by Crippen LogP contribution is -2.42. The molecule has 2 heterocycles. The van der Waals surface area contributed by atoms with E-state index in [2.05, 4.69) is 25.8 Å². The highest BCUT2D eigenvalue weighted by Crippen LogP contribution is 2.35. The molecule has 0 saturated heterocycles. The van der Waals surface area contributed by atoms with Crippen molar-refractivity contribution in [2.75, 3.05) is 5.32 Å². The minimum Gasteiger partial charge on any atom is -0.382 e. The first-order chi connectivity index (χ1) is 15.2. The van der Waals surface area contributed by atoms with E-state index in [0.717, 1.165) is 31.0 Å². The molecule has 0 spiro atoms. The van der Waals surface area contributed by atoms with Crippen LogP contribution in [0.3, 0.4) is 0 Å². The molecule has 1 aliphatic carbocycles. The Morgan fingerprint density at radius 3 is 2.78 bits per heavy atom. The highest BCUT2D eigenvalue weighted by Gasteiger charge is 2.34. The molecule has 2 aromatic heterocycles. The molecule has 0 unspecified atom stereocenters. The maximum Gasteiger partial charge on any atom is 0.433 e. The van der Waals surface area contributed by atoms with Crippen molar-refractivity contribution in [2.24, 2.45) is 0 Å². The van der Waals surface area contributed by atoms with Gasteiger partial charge in [0, 0.05) is 33.9 Å². The Labute approximate surface area is 187 Å². The molecule has 4 rings (SSSR count). The average molecular weight is 466 g/mol. The molecule has 3 N–H and O–H groups in total. The minimum absolute atomic E-state index is 0.0906. The second-order valence-corrected chi connectivity index (χ2v) is 8.44. The van der Waals surface area contributed by atoms with Crippen molar-refractivity contribution in [1.29, 1.82) is 0 Å². The maximum absolute atomic E-state index is 13.4. The fourth-order valence-electron chi connectivity index (χ4n) is 4.18. The van der Waals surface area contributed by atoms with Gasteiger partial charge in [-0.25, -0.2) is 4.98 Å². The number of pyridine rings is 1. The summed E-state index contributed by atoms with van der Waals surface area (Å²) in [5.41, 5.74) is 0.895. The number of rotatable bonds is 5. The second-order valence-electron chi connectivity index (χ2n) is 8.01. The number of hydrogen-bond donors (Lipinski definition) is 3. The van der Waals surface area contributed by atoms with Crippen LogP contribution in [0.5, 0.6) is 0 Å². The van der Waals surface area contributed by atoms with E-state index in [-0.39, 0.29) is 23.5 Å². The molecule has 1 fully saturated rings. The van der Waals surface area contributed by atoms with Crippen molar-refractivity contribution < 1.29 is 18.0 Å². The highest BCUT2D eigenvalue weighted by molar-refractivity contribution is 6.31. The predicted octanol–water partition coefficient (Wildman–Crippen LogP) is 5.35. The number of anilines is 1. The Hall–Kier alpha value is -2.81. The molecule has 1 saturated carbocycles. The number of halogens is 4. The van der Waals surface area contributed by atoms with Gasteiger partial charge in [0.1, 0.15) is 5.69 Å². The van der Waals surface area contributed by atoms with Gasteiger partial charge in [0.05, 0.1) is 17.3 Å². The number of aromatic nitrogens is 3. The van der Waals surface area contributed by atoms with E-state index in [1.807, 2.05) is 6.92 Å². The summed E-state index contributed by atoms with van der Waals surface area (Å²) >= 11 is 6.08. The number of amides is 1. The zero-order valence-corrected chi connectivity index (χ0v) is 18.1. The molecular weight excluding hydrogens is 443 g/mol. The lowest BCUT2D eigenvalue weighted by Gasteiger charge is -2.31. The van der Waals surface area contributed by atoms with Gasteiger partial charge in [-0.15, -0.1) is 0 Å². The SMILES string of the molecule is CCc1[nH]ncc1C(=O)N[C@@H]1CCC[C@H](Nc2cc(C(F)(F)F)nc3ccc(Cl)cc23)C1. The Morgan fingerprint density at radius 1 is 1.25 bits per heavy atom. The third-order valence-electron chi connectivity index (χ3n) is 5.75. The number of fused-ring (bicyclic) bond motifs is 1. The summed E-state index contributed by atoms with van der Waals surface area (Å²) in [5.74, 6) is -0.193. The Bertz CT molecular complexity index is 1130. The summed E-state index contributed by atoms with van der Waals surface area (Å²) < 4.78 is 40.2. The lowest BCUT2D eigenvalue weighted by atomic mass is 9.90. The summed E-state index contributed by atoms with van der Waals surface area (Å²) in [6.45, 7) is 1.94. The standard InChI is InChI=1S/C22H23ClF3N5O/c1-2-17-16(11-27-31-17)21(32)29-14-5-3-4-13(9-14)28-19-10-20(22(24,25)26)30-18-7-6-12(23)8-15(18)19/h6-8,10-11,13-14H,2-5,9H2,1H3,(H,27,31)(H,28,30)(H,29,32)/t13-,14+/m0/s1. The summed E-state index contributed by atoms with van der Waals surface area (Å²) in [5, 5.41) is 14.0. The monoisotopic (exact) mass is 465 g/mol. The van der Waals surface area contributed by atoms with Crippen LogP contribution in [0.15, 0.2) is 30.5 Å². The van der Waals surface area contributed by atoms with Crippen LogP contribution in [-0.2, 0) is 12.6 Å². The molecule has 0 bridgehead atoms. The molecule has 3 aromatic rings. The number of carbonyl (C=O) groups is 1. The van der Waals surface area contributed by atoms with E-state index in [0.29, 0.717) is 34.5 Å². The van der Waals surface area contributed by atoms with Gasteiger partial charge < -0.3 is 10.6 Å². The van der Waals surface area contributed by atoms with Crippen LogP contribution in [-0.4, -0.2) is 33.2 Å². The Kier molecular flexibility index (Phi) is 6.28. The van der Waals surface area contributed by atoms with E-state index >= 15 is 0 Å². The van der Waals surface area contributed by atoms with Crippen molar-refractivity contribution in [3.05, 3.63) is 52.4 Å². The molecule has 32 heavy (non-hydrogen) atoms. The van der Waals surface area contributed by atoms with Gasteiger partial charge >= 0.3 is 6.18 Å². The first-order valence-electron chi connectivity index (χ1n) is 10.5. The first kappa shape index (κ1) is 22.4. The molecule has 0 aliphatic heterocycles. The van der Waals surface area contributed by atoms with Crippen LogP contribution < -0.4 is 10.6 Å². The van der Waals surface area contributed by atoms with E-state index in [4.69, 9.17) is 11.6 Å². The number of alkyl halides is 3. The van der Waals surface area contributed by atoms with Gasteiger partial charge in [-0.2, -0.15) is 18.3 Å². The number of aryl methyl sites for hydroxylation is 1. The second kappa shape index (κ2) is 8.97. The number of benzene rings is 1. The summed E-state index contributed by atoms with van der Waals surface area (Å²) in [6.07, 6.45) is 0.634. The zero-order valence-electron chi connectivity index (χ0n) is 17.4. The van der Waals surface area contributed by atoms with E-state index in [9.17, 15) is 18.0 Å². The maximum atomic E-state index is 13.4. The lowest BCUT2D eigenvalue weighted by molar-refractivity contribution is -0.140. The number of nitrogens with zero attached hydrogens (tertiary/aromatic N) is 2. The molecular formula is C22H23ClF3N5O. The van der Waals surface area contributed by atoms with Crippen LogP contribution in [0.2, 0.25) is 5.02 Å². The number of aromatic amines is 1. The van der Waals surface area contributed by atoms with Crippen molar-refractivity contribution in [3.8, 4) is 0 Å². The van der Waals surface area contributed by atoms with Crippen molar-refractivity contribution in [1.82, 2.24) is 20.5 Å². The molecule has 1 amide bonds. The zero-order chi connectivity index (χ0) is 22.9. The molecule has 170 valence electrons. The highest BCUT2D eigenvalue weighted by atomic mass is 35.5. The molecule has 6 nitrogen and oxygen atoms in total.